The van der Waals surface area contributed by atoms with E-state index in [0.29, 0.717) is 12.5 Å². The average Bonchev–Trinajstić information content (AvgIpc) is 2.38. The Morgan fingerprint density at radius 3 is 2.45 bits per heavy atom. The van der Waals surface area contributed by atoms with Crippen LogP contribution in [0, 0.1) is 0 Å². The molecule has 1 aromatic carbocycles. The summed E-state index contributed by atoms with van der Waals surface area (Å²) in [5.41, 5.74) is 6.79. The number of nitrogens with two attached hydrogens (primary N) is 1. The maximum atomic E-state index is 5.88. The molecule has 3 N–H and O–H groups in total. The zero-order valence-corrected chi connectivity index (χ0v) is 13.8. The molecule has 0 fully saturated rings. The van der Waals surface area contributed by atoms with Gasteiger partial charge in [0.15, 0.2) is 5.96 Å². The van der Waals surface area contributed by atoms with Gasteiger partial charge in [0, 0.05) is 10.4 Å². The predicted octanol–water partition coefficient (Wildman–Crippen LogP) is 3.34. The lowest BCUT2D eigenvalue weighted by Gasteiger charge is -2.19. The van der Waals surface area contributed by atoms with Crippen LogP contribution in [0.3, 0.4) is 0 Å². The van der Waals surface area contributed by atoms with Crippen LogP contribution < -0.4 is 15.8 Å². The third kappa shape index (κ3) is 6.19. The number of thioether (sulfide) groups is 1. The van der Waals surface area contributed by atoms with Gasteiger partial charge in [0.05, 0.1) is 12.6 Å². The third-order valence-corrected chi connectivity index (χ3v) is 3.92. The highest BCUT2D eigenvalue weighted by atomic mass is 32.2. The van der Waals surface area contributed by atoms with Crippen LogP contribution in [0.4, 0.5) is 5.69 Å². The molecule has 0 aliphatic carbocycles. The zero-order valence-electron chi connectivity index (χ0n) is 12.9. The molecule has 0 unspecified atom stereocenters. The highest BCUT2D eigenvalue weighted by molar-refractivity contribution is 7.99. The van der Waals surface area contributed by atoms with Gasteiger partial charge in [-0.15, -0.1) is 0 Å². The lowest BCUT2D eigenvalue weighted by atomic mass is 10.2. The van der Waals surface area contributed by atoms with Crippen molar-refractivity contribution >= 4 is 23.4 Å². The number of nitrogens with zero attached hydrogens (tertiary/aromatic N) is 1. The van der Waals surface area contributed by atoms with Gasteiger partial charge in [0.1, 0.15) is 5.75 Å². The van der Waals surface area contributed by atoms with Crippen LogP contribution in [0.1, 0.15) is 27.7 Å². The van der Waals surface area contributed by atoms with E-state index in [2.05, 4.69) is 30.4 Å². The fraction of sp³-hybridized carbons (Fsp3) is 0.533. The lowest BCUT2D eigenvalue weighted by Crippen LogP contribution is -2.27. The smallest absolute Gasteiger partial charge is 0.193 e. The number of benzene rings is 1. The molecule has 112 valence electrons. The molecule has 5 heteroatoms. The van der Waals surface area contributed by atoms with Crippen LogP contribution in [-0.4, -0.2) is 29.6 Å². The molecule has 0 atom stereocenters. The number of nitrogens with one attached hydrogen (secondary N) is 1. The molecule has 0 saturated carbocycles. The first-order valence-electron chi connectivity index (χ1n) is 6.71. The molecule has 1 aromatic rings. The normalized spacial score (nSPS) is 12.6. The maximum absolute atomic E-state index is 5.88. The fourth-order valence-corrected chi connectivity index (χ4v) is 1.61. The molecule has 4 nitrogen and oxygen atoms in total. The van der Waals surface area contributed by atoms with Crippen LogP contribution in [0.2, 0.25) is 0 Å². The molecule has 20 heavy (non-hydrogen) atoms. The van der Waals surface area contributed by atoms with E-state index in [-0.39, 0.29) is 10.9 Å². The Balaban J connectivity index is 2.57. The van der Waals surface area contributed by atoms with Crippen molar-refractivity contribution in [1.29, 1.82) is 0 Å². The van der Waals surface area contributed by atoms with Gasteiger partial charge in [0.25, 0.3) is 0 Å². The van der Waals surface area contributed by atoms with Crippen molar-refractivity contribution in [2.45, 2.75) is 38.5 Å². The topological polar surface area (TPSA) is 59.6 Å². The first kappa shape index (κ1) is 16.7. The summed E-state index contributed by atoms with van der Waals surface area (Å²) in [6, 6.07) is 7.70. The van der Waals surface area contributed by atoms with Gasteiger partial charge in [0.2, 0.25) is 0 Å². The summed E-state index contributed by atoms with van der Waals surface area (Å²) in [5.74, 6) is 1.29. The molecule has 0 spiro atoms. The van der Waals surface area contributed by atoms with Gasteiger partial charge >= 0.3 is 0 Å². The molecular formula is C15H25N3OS. The summed E-state index contributed by atoms with van der Waals surface area (Å²) < 4.78 is 5.69. The number of ether oxygens (including phenoxy) is 1. The van der Waals surface area contributed by atoms with Crippen molar-refractivity contribution in [2.75, 3.05) is 18.1 Å². The fourth-order valence-electron chi connectivity index (χ4n) is 1.42. The number of aliphatic imine (C=N–C) groups is 1. The van der Waals surface area contributed by atoms with Crippen LogP contribution in [-0.2, 0) is 0 Å². The van der Waals surface area contributed by atoms with Crippen molar-refractivity contribution in [3.63, 3.8) is 0 Å². The molecule has 0 aliphatic heterocycles. The summed E-state index contributed by atoms with van der Waals surface area (Å²) in [5, 5.41) is 3.08. The van der Waals surface area contributed by atoms with E-state index >= 15 is 0 Å². The van der Waals surface area contributed by atoms with E-state index < -0.39 is 0 Å². The highest BCUT2D eigenvalue weighted by Gasteiger charge is 2.14. The number of anilines is 1. The molecule has 1 rings (SSSR count). The molecular weight excluding hydrogens is 270 g/mol. The van der Waals surface area contributed by atoms with Crippen molar-refractivity contribution in [3.05, 3.63) is 24.3 Å². The average molecular weight is 295 g/mol. The Bertz CT molecular complexity index is 441. The molecule has 0 amide bonds. The summed E-state index contributed by atoms with van der Waals surface area (Å²) >= 11 is 1.78. The maximum Gasteiger partial charge on any atom is 0.193 e. The first-order chi connectivity index (χ1) is 9.32. The second-order valence-electron chi connectivity index (χ2n) is 5.48. The number of rotatable bonds is 6. The van der Waals surface area contributed by atoms with E-state index in [9.17, 15) is 0 Å². The SMILES string of the molecule is CSC(C)(C)CN=C(N)Nc1ccc(OC(C)C)cc1. The standard InChI is InChI=1S/C15H25N3OS/c1-11(2)19-13-8-6-12(7-9-13)18-14(16)17-10-15(3,4)20-5/h6-9,11H,10H2,1-5H3,(H3,16,17,18). The largest absolute Gasteiger partial charge is 0.491 e. The van der Waals surface area contributed by atoms with Gasteiger partial charge in [-0.2, -0.15) is 11.8 Å². The van der Waals surface area contributed by atoms with Crippen LogP contribution in [0.15, 0.2) is 29.3 Å². The Kier molecular flexibility index (Phi) is 6.20. The minimum absolute atomic E-state index is 0.0985. The van der Waals surface area contributed by atoms with E-state index in [4.69, 9.17) is 10.5 Å². The summed E-state index contributed by atoms with van der Waals surface area (Å²) in [7, 11) is 0. The number of hydrogen-bond acceptors (Lipinski definition) is 3. The molecule has 0 heterocycles. The molecule has 0 saturated heterocycles. The number of hydrogen-bond donors (Lipinski definition) is 2. The minimum Gasteiger partial charge on any atom is -0.491 e. The lowest BCUT2D eigenvalue weighted by molar-refractivity contribution is 0.242. The second kappa shape index (κ2) is 7.43. The molecule has 0 radical (unpaired) electrons. The van der Waals surface area contributed by atoms with Crippen molar-refractivity contribution < 1.29 is 4.74 Å². The number of guanidine groups is 1. The minimum atomic E-state index is 0.0985. The third-order valence-electron chi connectivity index (χ3n) is 2.68. The second-order valence-corrected chi connectivity index (χ2v) is 6.99. The summed E-state index contributed by atoms with van der Waals surface area (Å²) in [6.07, 6.45) is 2.25. The van der Waals surface area contributed by atoms with Crippen molar-refractivity contribution in [1.82, 2.24) is 0 Å². The van der Waals surface area contributed by atoms with Crippen molar-refractivity contribution in [3.8, 4) is 5.75 Å². The van der Waals surface area contributed by atoms with Crippen molar-refractivity contribution in [2.24, 2.45) is 10.7 Å². The Morgan fingerprint density at radius 1 is 1.35 bits per heavy atom. The van der Waals surface area contributed by atoms with E-state index in [1.165, 1.54) is 0 Å². The van der Waals surface area contributed by atoms with Crippen LogP contribution in [0.5, 0.6) is 5.75 Å². The Morgan fingerprint density at radius 2 is 1.95 bits per heavy atom. The molecule has 0 bridgehead atoms. The van der Waals surface area contributed by atoms with E-state index in [1.54, 1.807) is 11.8 Å². The van der Waals surface area contributed by atoms with Gasteiger partial charge in [-0.25, -0.2) is 0 Å². The Hall–Kier alpha value is -1.36. The molecule has 0 aromatic heterocycles. The van der Waals surface area contributed by atoms with Gasteiger partial charge in [-0.05, 0) is 58.2 Å². The highest BCUT2D eigenvalue weighted by Crippen LogP contribution is 2.21. The zero-order chi connectivity index (χ0) is 15.2. The molecule has 0 aliphatic rings. The summed E-state index contributed by atoms with van der Waals surface area (Å²) in [4.78, 5) is 4.36. The quantitative estimate of drug-likeness (QED) is 0.624. The van der Waals surface area contributed by atoms with E-state index in [1.807, 2.05) is 38.1 Å². The summed E-state index contributed by atoms with van der Waals surface area (Å²) in [6.45, 7) is 8.98. The monoisotopic (exact) mass is 295 g/mol. The van der Waals surface area contributed by atoms with Gasteiger partial charge in [-0.1, -0.05) is 0 Å². The van der Waals surface area contributed by atoms with Gasteiger partial charge < -0.3 is 15.8 Å². The predicted molar refractivity (Wildman–Crippen MR) is 89.9 cm³/mol. The van der Waals surface area contributed by atoms with E-state index in [0.717, 1.165) is 11.4 Å². The van der Waals surface area contributed by atoms with Gasteiger partial charge in [-0.3, -0.25) is 4.99 Å². The first-order valence-corrected chi connectivity index (χ1v) is 7.94. The van der Waals surface area contributed by atoms with Crippen LogP contribution >= 0.6 is 11.8 Å². The Labute approximate surface area is 126 Å². The van der Waals surface area contributed by atoms with Crippen LogP contribution in [0.25, 0.3) is 0 Å².